The normalized spacial score (nSPS) is 15.8. The molecular formula is C17H18N2O6. The van der Waals surface area contributed by atoms with Gasteiger partial charge in [0.2, 0.25) is 0 Å². The smallest absolute Gasteiger partial charge is 0.340 e. The maximum atomic E-state index is 12.2. The molecule has 0 spiro atoms. The number of aromatic amines is 1. The Morgan fingerprint density at radius 1 is 1.24 bits per heavy atom. The average molecular weight is 346 g/mol. The molecule has 0 saturated carbocycles. The van der Waals surface area contributed by atoms with E-state index in [0.717, 1.165) is 0 Å². The van der Waals surface area contributed by atoms with Crippen molar-refractivity contribution in [3.63, 3.8) is 0 Å². The van der Waals surface area contributed by atoms with Gasteiger partial charge >= 0.3 is 17.9 Å². The second-order valence-corrected chi connectivity index (χ2v) is 5.80. The molecular weight excluding hydrogens is 328 g/mol. The van der Waals surface area contributed by atoms with Crippen LogP contribution in [0.4, 0.5) is 5.69 Å². The van der Waals surface area contributed by atoms with E-state index >= 15 is 0 Å². The molecule has 0 amide bonds. The van der Waals surface area contributed by atoms with Crippen LogP contribution in [0.1, 0.15) is 28.8 Å². The zero-order valence-corrected chi connectivity index (χ0v) is 14.3. The number of hydrogen-bond donors (Lipinski definition) is 1. The third-order valence-corrected chi connectivity index (χ3v) is 4.30. The highest BCUT2D eigenvalue weighted by Gasteiger charge is 2.37. The number of aromatic nitrogens is 1. The summed E-state index contributed by atoms with van der Waals surface area (Å²) in [5, 5.41) is 0.500. The van der Waals surface area contributed by atoms with Crippen LogP contribution in [0.25, 0.3) is 10.9 Å². The summed E-state index contributed by atoms with van der Waals surface area (Å²) >= 11 is 0. The number of hydrogen-bond acceptors (Lipinski definition) is 7. The average Bonchev–Trinajstić information content (AvgIpc) is 3.15. The molecule has 1 aromatic heterocycles. The second-order valence-electron chi connectivity index (χ2n) is 5.80. The Balaban J connectivity index is 2.35. The summed E-state index contributed by atoms with van der Waals surface area (Å²) in [7, 11) is 4.42. The first kappa shape index (κ1) is 16.8. The van der Waals surface area contributed by atoms with Gasteiger partial charge in [-0.05, 0) is 0 Å². The van der Waals surface area contributed by atoms with E-state index in [9.17, 15) is 14.4 Å². The number of likely N-dealkylation sites (N-methyl/N-ethyl adjacent to an activating group) is 1. The fourth-order valence-corrected chi connectivity index (χ4v) is 3.27. The summed E-state index contributed by atoms with van der Waals surface area (Å²) in [6.07, 6.45) is 1.48. The van der Waals surface area contributed by atoms with Crippen molar-refractivity contribution in [2.24, 2.45) is 0 Å². The molecule has 1 unspecified atom stereocenters. The highest BCUT2D eigenvalue weighted by atomic mass is 16.5. The van der Waals surface area contributed by atoms with Gasteiger partial charge in [-0.25, -0.2) is 4.79 Å². The molecule has 25 heavy (non-hydrogen) atoms. The molecule has 0 saturated heterocycles. The molecule has 132 valence electrons. The summed E-state index contributed by atoms with van der Waals surface area (Å²) in [6.45, 7) is 1.69. The van der Waals surface area contributed by atoms with Gasteiger partial charge in [0.05, 0.1) is 25.3 Å². The van der Waals surface area contributed by atoms with Gasteiger partial charge < -0.3 is 24.1 Å². The molecule has 1 atom stereocenters. The van der Waals surface area contributed by atoms with Crippen molar-refractivity contribution in [3.8, 4) is 5.75 Å². The van der Waals surface area contributed by atoms with E-state index in [2.05, 4.69) is 4.98 Å². The van der Waals surface area contributed by atoms with Crippen LogP contribution in [-0.2, 0) is 19.1 Å². The van der Waals surface area contributed by atoms with E-state index in [1.807, 2.05) is 11.9 Å². The third-order valence-electron chi connectivity index (χ3n) is 4.30. The zero-order chi connectivity index (χ0) is 18.3. The van der Waals surface area contributed by atoms with E-state index in [1.54, 1.807) is 6.07 Å². The van der Waals surface area contributed by atoms with Crippen molar-refractivity contribution in [2.45, 2.75) is 12.8 Å². The molecule has 0 radical (unpaired) electrons. The maximum absolute atomic E-state index is 12.2. The Labute approximate surface area is 143 Å². The van der Waals surface area contributed by atoms with Gasteiger partial charge in [0.25, 0.3) is 0 Å². The lowest BCUT2D eigenvalue weighted by molar-refractivity contribution is -0.142. The van der Waals surface area contributed by atoms with Crippen LogP contribution in [-0.4, -0.2) is 50.7 Å². The summed E-state index contributed by atoms with van der Waals surface area (Å²) < 4.78 is 15.0. The molecule has 8 heteroatoms. The largest absolute Gasteiger partial charge is 0.468 e. The highest BCUT2D eigenvalue weighted by molar-refractivity contribution is 6.11. The van der Waals surface area contributed by atoms with Gasteiger partial charge in [-0.3, -0.25) is 9.59 Å². The summed E-state index contributed by atoms with van der Waals surface area (Å²) in [5.74, 6) is -1.71. The summed E-state index contributed by atoms with van der Waals surface area (Å²) in [5.41, 5.74) is 2.08. The topological polar surface area (TPSA) is 97.9 Å². The van der Waals surface area contributed by atoms with Crippen LogP contribution in [0.3, 0.4) is 0 Å². The first-order chi connectivity index (χ1) is 11.9. The minimum absolute atomic E-state index is 0.270. The number of ether oxygens (including phenoxy) is 3. The van der Waals surface area contributed by atoms with Crippen molar-refractivity contribution in [1.29, 1.82) is 0 Å². The van der Waals surface area contributed by atoms with Crippen LogP contribution in [0, 0.1) is 0 Å². The number of benzene rings is 1. The summed E-state index contributed by atoms with van der Waals surface area (Å²) in [4.78, 5) is 40.7. The molecule has 1 N–H and O–H groups in total. The number of anilines is 1. The van der Waals surface area contributed by atoms with Gasteiger partial charge in [-0.2, -0.15) is 0 Å². The Morgan fingerprint density at radius 3 is 2.56 bits per heavy atom. The van der Waals surface area contributed by atoms with Gasteiger partial charge in [0, 0.05) is 49.4 Å². The van der Waals surface area contributed by atoms with Crippen LogP contribution in [0.15, 0.2) is 12.3 Å². The van der Waals surface area contributed by atoms with E-state index in [-0.39, 0.29) is 11.3 Å². The van der Waals surface area contributed by atoms with Crippen LogP contribution >= 0.6 is 0 Å². The molecule has 8 nitrogen and oxygen atoms in total. The quantitative estimate of drug-likeness (QED) is 0.665. The van der Waals surface area contributed by atoms with E-state index in [4.69, 9.17) is 14.2 Å². The Kier molecular flexibility index (Phi) is 4.12. The molecule has 3 rings (SSSR count). The molecule has 1 aromatic carbocycles. The lowest BCUT2D eigenvalue weighted by Gasteiger charge is -2.14. The number of rotatable bonds is 3. The first-order valence-electron chi connectivity index (χ1n) is 7.62. The highest BCUT2D eigenvalue weighted by Crippen LogP contribution is 2.46. The molecule has 1 aliphatic heterocycles. The van der Waals surface area contributed by atoms with Crippen LogP contribution in [0.2, 0.25) is 0 Å². The standard InChI is InChI=1S/C17H18N2O6/c1-8(20)25-12-5-11-13(10(7-19(11)2)17(22)24-4)14-9(16(21)23-3)6-18-15(12)14/h5-6,10,18H,7H2,1-4H3. The van der Waals surface area contributed by atoms with Gasteiger partial charge in [-0.1, -0.05) is 0 Å². The lowest BCUT2D eigenvalue weighted by atomic mass is 9.95. The number of carbonyl (C=O) groups is 3. The van der Waals surface area contributed by atoms with Crippen molar-refractivity contribution in [1.82, 2.24) is 4.98 Å². The maximum Gasteiger partial charge on any atom is 0.340 e. The van der Waals surface area contributed by atoms with E-state index < -0.39 is 23.8 Å². The van der Waals surface area contributed by atoms with Crippen LogP contribution < -0.4 is 9.64 Å². The predicted molar refractivity (Wildman–Crippen MR) is 89.0 cm³/mol. The molecule has 0 fully saturated rings. The lowest BCUT2D eigenvalue weighted by Crippen LogP contribution is -2.21. The Hall–Kier alpha value is -3.03. The number of fused-ring (bicyclic) bond motifs is 3. The molecule has 0 bridgehead atoms. The molecule has 0 aliphatic carbocycles. The molecule has 2 aromatic rings. The Bertz CT molecular complexity index is 885. The number of nitrogens with zero attached hydrogens (tertiary/aromatic N) is 1. The van der Waals surface area contributed by atoms with E-state index in [1.165, 1.54) is 27.3 Å². The van der Waals surface area contributed by atoms with Gasteiger partial charge in [0.1, 0.15) is 5.92 Å². The number of esters is 3. The fourth-order valence-electron chi connectivity index (χ4n) is 3.27. The number of H-pyrrole nitrogens is 1. The molecule has 2 heterocycles. The second kappa shape index (κ2) is 6.12. The summed E-state index contributed by atoms with van der Waals surface area (Å²) in [6, 6.07) is 1.68. The minimum Gasteiger partial charge on any atom is -0.468 e. The number of methoxy groups -OCH3 is 2. The zero-order valence-electron chi connectivity index (χ0n) is 14.3. The fraction of sp³-hybridized carbons (Fsp3) is 0.353. The molecule has 1 aliphatic rings. The number of nitrogens with one attached hydrogen (secondary N) is 1. The monoisotopic (exact) mass is 346 g/mol. The third kappa shape index (κ3) is 2.59. The van der Waals surface area contributed by atoms with Crippen molar-refractivity contribution >= 4 is 34.5 Å². The number of carbonyl (C=O) groups excluding carboxylic acids is 3. The SMILES string of the molecule is COC(=O)c1c[nH]c2c(OC(C)=O)cc3c(c12)C(C(=O)OC)CN3C. The Morgan fingerprint density at radius 2 is 1.96 bits per heavy atom. The van der Waals surface area contributed by atoms with Crippen LogP contribution in [0.5, 0.6) is 5.75 Å². The van der Waals surface area contributed by atoms with Gasteiger partial charge in [0.15, 0.2) is 5.75 Å². The van der Waals surface area contributed by atoms with Crippen molar-refractivity contribution in [3.05, 3.63) is 23.4 Å². The first-order valence-corrected chi connectivity index (χ1v) is 7.62. The van der Waals surface area contributed by atoms with Gasteiger partial charge in [-0.15, -0.1) is 0 Å². The van der Waals surface area contributed by atoms with Crippen molar-refractivity contribution < 1.29 is 28.6 Å². The van der Waals surface area contributed by atoms with E-state index in [0.29, 0.717) is 28.7 Å². The minimum atomic E-state index is -0.557. The predicted octanol–water partition coefficient (Wildman–Crippen LogP) is 1.59. The van der Waals surface area contributed by atoms with Crippen molar-refractivity contribution in [2.75, 3.05) is 32.7 Å².